The summed E-state index contributed by atoms with van der Waals surface area (Å²) in [5, 5.41) is 0. The van der Waals surface area contributed by atoms with E-state index in [1.165, 1.54) is 12.1 Å². The summed E-state index contributed by atoms with van der Waals surface area (Å²) in [6.45, 7) is 8.76. The van der Waals surface area contributed by atoms with Crippen LogP contribution in [0.3, 0.4) is 0 Å². The van der Waals surface area contributed by atoms with E-state index >= 15 is 0 Å². The Labute approximate surface area is 83.8 Å². The Bertz CT molecular complexity index is 366. The second-order valence-electron chi connectivity index (χ2n) is 3.40. The van der Waals surface area contributed by atoms with Crippen LogP contribution in [0.2, 0.25) is 0 Å². The first kappa shape index (κ1) is 10.5. The molecule has 0 saturated carbocycles. The molecule has 1 atom stereocenters. The van der Waals surface area contributed by atoms with Gasteiger partial charge in [0.25, 0.3) is 0 Å². The summed E-state index contributed by atoms with van der Waals surface area (Å²) in [7, 11) is 3.68. The molecule has 1 aromatic rings. The lowest BCUT2D eigenvalue weighted by Crippen LogP contribution is -2.12. The lowest BCUT2D eigenvalue weighted by Gasteiger charge is -2.16. The van der Waals surface area contributed by atoms with Crippen molar-refractivity contribution in [3.8, 4) is 0 Å². The predicted molar refractivity (Wildman–Crippen MR) is 55.7 cm³/mol. The van der Waals surface area contributed by atoms with Crippen molar-refractivity contribution in [2.24, 2.45) is 0 Å². The van der Waals surface area contributed by atoms with Gasteiger partial charge < -0.3 is 9.74 Å². The Kier molecular flexibility index (Phi) is 3.08. The van der Waals surface area contributed by atoms with Crippen LogP contribution in [-0.2, 0) is 0 Å². The Morgan fingerprint density at radius 3 is 2.57 bits per heavy atom. The number of nitrogens with zero attached hydrogens (tertiary/aromatic N) is 2. The third-order valence-corrected chi connectivity index (χ3v) is 2.12. The molecule has 1 aromatic carbocycles. The Morgan fingerprint density at radius 2 is 2.07 bits per heavy atom. The van der Waals surface area contributed by atoms with E-state index in [1.807, 2.05) is 25.9 Å². The van der Waals surface area contributed by atoms with Gasteiger partial charge in [-0.15, -0.1) is 0 Å². The molecule has 2 nitrogen and oxygen atoms in total. The van der Waals surface area contributed by atoms with E-state index < -0.39 is 0 Å². The highest BCUT2D eigenvalue weighted by molar-refractivity contribution is 5.54. The summed E-state index contributed by atoms with van der Waals surface area (Å²) >= 11 is 0. The first-order chi connectivity index (χ1) is 6.56. The van der Waals surface area contributed by atoms with E-state index in [4.69, 9.17) is 6.57 Å². The third kappa shape index (κ3) is 2.02. The average molecular weight is 192 g/mol. The van der Waals surface area contributed by atoms with Gasteiger partial charge in [-0.3, -0.25) is 0 Å². The van der Waals surface area contributed by atoms with Gasteiger partial charge in [0.05, 0.1) is 11.3 Å². The maximum atomic E-state index is 13.0. The van der Waals surface area contributed by atoms with Gasteiger partial charge in [-0.05, 0) is 18.2 Å². The van der Waals surface area contributed by atoms with E-state index in [0.717, 1.165) is 11.3 Å². The molecule has 14 heavy (non-hydrogen) atoms. The highest BCUT2D eigenvalue weighted by Crippen LogP contribution is 2.27. The van der Waals surface area contributed by atoms with E-state index in [0.29, 0.717) is 0 Å². The van der Waals surface area contributed by atoms with Crippen molar-refractivity contribution >= 4 is 5.69 Å². The third-order valence-electron chi connectivity index (χ3n) is 2.12. The molecular formula is C11H13FN2. The molecule has 1 rings (SSSR count). The molecule has 0 radical (unpaired) electrons. The van der Waals surface area contributed by atoms with Crippen molar-refractivity contribution in [3.63, 3.8) is 0 Å². The number of benzene rings is 1. The summed E-state index contributed by atoms with van der Waals surface area (Å²) < 4.78 is 13.0. The highest BCUT2D eigenvalue weighted by Gasteiger charge is 2.15. The van der Waals surface area contributed by atoms with Gasteiger partial charge in [-0.25, -0.2) is 11.0 Å². The molecule has 0 aliphatic rings. The molecular weight excluding hydrogens is 179 g/mol. The van der Waals surface area contributed by atoms with Crippen LogP contribution in [0, 0.1) is 12.4 Å². The number of halogens is 1. The minimum Gasteiger partial charge on any atom is -0.377 e. The first-order valence-corrected chi connectivity index (χ1v) is 4.39. The number of hydrogen-bond acceptors (Lipinski definition) is 1. The molecule has 0 amide bonds. The fourth-order valence-corrected chi connectivity index (χ4v) is 1.33. The number of anilines is 1. The van der Waals surface area contributed by atoms with Crippen molar-refractivity contribution in [1.29, 1.82) is 0 Å². The predicted octanol–water partition coefficient (Wildman–Crippen LogP) is 2.87. The summed E-state index contributed by atoms with van der Waals surface area (Å²) in [6, 6.07) is 4.29. The Hall–Kier alpha value is -1.56. The van der Waals surface area contributed by atoms with Crippen molar-refractivity contribution in [1.82, 2.24) is 0 Å². The Morgan fingerprint density at radius 1 is 1.43 bits per heavy atom. The fraction of sp³-hybridized carbons (Fsp3) is 0.364. The zero-order valence-electron chi connectivity index (χ0n) is 8.58. The zero-order valence-corrected chi connectivity index (χ0v) is 8.58. The molecule has 3 heteroatoms. The second kappa shape index (κ2) is 4.10. The van der Waals surface area contributed by atoms with E-state index in [-0.39, 0.29) is 11.9 Å². The largest absolute Gasteiger partial charge is 0.377 e. The van der Waals surface area contributed by atoms with Crippen LogP contribution in [0.5, 0.6) is 0 Å². The monoisotopic (exact) mass is 192 g/mol. The Balaban J connectivity index is 3.23. The van der Waals surface area contributed by atoms with Gasteiger partial charge in [0.2, 0.25) is 6.04 Å². The topological polar surface area (TPSA) is 7.60 Å². The van der Waals surface area contributed by atoms with Gasteiger partial charge in [-0.2, -0.15) is 0 Å². The maximum Gasteiger partial charge on any atom is 0.247 e. The SMILES string of the molecule is [C-]#[N+]C(C)c1ccc(F)cc1N(C)C. The fourth-order valence-electron chi connectivity index (χ4n) is 1.33. The molecule has 0 aliphatic heterocycles. The van der Waals surface area contributed by atoms with Crippen LogP contribution >= 0.6 is 0 Å². The van der Waals surface area contributed by atoms with Crippen molar-refractivity contribution in [3.05, 3.63) is 41.0 Å². The lowest BCUT2D eigenvalue weighted by atomic mass is 10.1. The van der Waals surface area contributed by atoms with Crippen LogP contribution in [0.1, 0.15) is 18.5 Å². The van der Waals surface area contributed by atoms with E-state index in [1.54, 1.807) is 6.07 Å². The highest BCUT2D eigenvalue weighted by atomic mass is 19.1. The quantitative estimate of drug-likeness (QED) is 0.654. The van der Waals surface area contributed by atoms with Crippen molar-refractivity contribution in [2.45, 2.75) is 13.0 Å². The summed E-state index contributed by atoms with van der Waals surface area (Å²) in [5.74, 6) is -0.269. The minimum absolute atomic E-state index is 0.229. The molecule has 0 heterocycles. The molecule has 0 N–H and O–H groups in total. The van der Waals surface area contributed by atoms with Gasteiger partial charge in [0, 0.05) is 21.0 Å². The standard InChI is InChI=1S/C11H13FN2/c1-8(13-2)10-6-5-9(12)7-11(10)14(3)4/h5-8H,1,3-4H3. The summed E-state index contributed by atoms with van der Waals surface area (Å²) in [4.78, 5) is 5.25. The molecule has 0 fully saturated rings. The average Bonchev–Trinajstić information content (AvgIpc) is 2.16. The summed E-state index contributed by atoms with van der Waals surface area (Å²) in [6.07, 6.45) is 0. The first-order valence-electron chi connectivity index (χ1n) is 4.39. The minimum atomic E-state index is -0.269. The molecule has 0 bridgehead atoms. The molecule has 0 saturated heterocycles. The van der Waals surface area contributed by atoms with E-state index in [2.05, 4.69) is 4.85 Å². The summed E-state index contributed by atoms with van der Waals surface area (Å²) in [5.41, 5.74) is 1.64. The van der Waals surface area contributed by atoms with E-state index in [9.17, 15) is 4.39 Å². The van der Waals surface area contributed by atoms with Crippen molar-refractivity contribution < 1.29 is 4.39 Å². The van der Waals surface area contributed by atoms with Gasteiger partial charge in [0.15, 0.2) is 0 Å². The van der Waals surface area contributed by atoms with Crippen LogP contribution < -0.4 is 4.90 Å². The smallest absolute Gasteiger partial charge is 0.247 e. The normalized spacial score (nSPS) is 11.9. The van der Waals surface area contributed by atoms with Crippen molar-refractivity contribution in [2.75, 3.05) is 19.0 Å². The zero-order chi connectivity index (χ0) is 10.7. The molecule has 0 aromatic heterocycles. The van der Waals surface area contributed by atoms with Gasteiger partial charge in [0.1, 0.15) is 5.82 Å². The number of rotatable bonds is 2. The van der Waals surface area contributed by atoms with Gasteiger partial charge in [-0.1, -0.05) is 0 Å². The maximum absolute atomic E-state index is 13.0. The van der Waals surface area contributed by atoms with Gasteiger partial charge >= 0.3 is 0 Å². The molecule has 1 unspecified atom stereocenters. The molecule has 0 aliphatic carbocycles. The molecule has 0 spiro atoms. The lowest BCUT2D eigenvalue weighted by molar-refractivity contribution is 0.626. The van der Waals surface area contributed by atoms with Crippen LogP contribution in [-0.4, -0.2) is 14.1 Å². The van der Waals surface area contributed by atoms with Crippen LogP contribution in [0.4, 0.5) is 10.1 Å². The second-order valence-corrected chi connectivity index (χ2v) is 3.40. The number of hydrogen-bond donors (Lipinski definition) is 0. The van der Waals surface area contributed by atoms with Crippen LogP contribution in [0.15, 0.2) is 18.2 Å². The molecule has 74 valence electrons. The van der Waals surface area contributed by atoms with Crippen LogP contribution in [0.25, 0.3) is 4.85 Å².